The highest BCUT2D eigenvalue weighted by Gasteiger charge is 2.27. The topological polar surface area (TPSA) is 80.2 Å². The minimum atomic E-state index is -0.117. The van der Waals surface area contributed by atoms with Crippen LogP contribution >= 0.6 is 0 Å². The van der Waals surface area contributed by atoms with Crippen molar-refractivity contribution in [3.05, 3.63) is 60.9 Å². The second-order valence-electron chi connectivity index (χ2n) is 6.99. The average molecular weight is 389 g/mol. The molecule has 7 heteroatoms. The van der Waals surface area contributed by atoms with Gasteiger partial charge in [-0.05, 0) is 49.2 Å². The number of anilines is 2. The number of ether oxygens (including phenoxy) is 1. The van der Waals surface area contributed by atoms with Crippen molar-refractivity contribution in [2.24, 2.45) is 5.92 Å². The number of amides is 1. The lowest BCUT2D eigenvalue weighted by atomic mass is 9.97. The van der Waals surface area contributed by atoms with Crippen LogP contribution in [0, 0.1) is 5.92 Å². The van der Waals surface area contributed by atoms with E-state index in [9.17, 15) is 4.79 Å². The van der Waals surface area contributed by atoms with Crippen LogP contribution in [0.4, 0.5) is 11.5 Å². The Balaban J connectivity index is 1.43. The molecule has 29 heavy (non-hydrogen) atoms. The molecule has 0 spiro atoms. The summed E-state index contributed by atoms with van der Waals surface area (Å²) in [5, 5.41) is 11.7. The molecule has 3 aromatic rings. The molecule has 1 N–H and O–H groups in total. The predicted octanol–water partition coefficient (Wildman–Crippen LogP) is 3.40. The van der Waals surface area contributed by atoms with E-state index in [0.29, 0.717) is 18.0 Å². The van der Waals surface area contributed by atoms with Crippen LogP contribution in [0.1, 0.15) is 12.8 Å². The molecule has 0 aliphatic carbocycles. The first kappa shape index (κ1) is 18.9. The van der Waals surface area contributed by atoms with E-state index < -0.39 is 0 Å². The Labute approximate surface area is 169 Å². The summed E-state index contributed by atoms with van der Waals surface area (Å²) in [5.74, 6) is 1.32. The van der Waals surface area contributed by atoms with Crippen molar-refractivity contribution < 1.29 is 9.53 Å². The second-order valence-corrected chi connectivity index (χ2v) is 6.99. The smallest absolute Gasteiger partial charge is 0.229 e. The van der Waals surface area contributed by atoms with Crippen LogP contribution in [0.15, 0.2) is 60.9 Å². The van der Waals surface area contributed by atoms with Gasteiger partial charge in [-0.15, -0.1) is 10.2 Å². The number of piperidine rings is 1. The molecule has 148 valence electrons. The van der Waals surface area contributed by atoms with Gasteiger partial charge in [0.15, 0.2) is 5.82 Å². The Bertz CT molecular complexity index is 962. The number of pyridine rings is 1. The van der Waals surface area contributed by atoms with Gasteiger partial charge in [-0.2, -0.15) is 0 Å². The van der Waals surface area contributed by atoms with Crippen LogP contribution in [0.5, 0.6) is 5.75 Å². The van der Waals surface area contributed by atoms with E-state index in [1.165, 1.54) is 0 Å². The lowest BCUT2D eigenvalue weighted by Gasteiger charge is -2.32. The molecule has 1 aromatic carbocycles. The van der Waals surface area contributed by atoms with Crippen molar-refractivity contribution >= 4 is 17.4 Å². The van der Waals surface area contributed by atoms with Crippen LogP contribution in [0.3, 0.4) is 0 Å². The maximum absolute atomic E-state index is 12.8. The van der Waals surface area contributed by atoms with Gasteiger partial charge in [0.1, 0.15) is 5.75 Å². The second kappa shape index (κ2) is 8.68. The van der Waals surface area contributed by atoms with E-state index in [1.807, 2.05) is 48.5 Å². The first-order chi connectivity index (χ1) is 14.2. The molecule has 1 aliphatic heterocycles. The predicted molar refractivity (Wildman–Crippen MR) is 112 cm³/mol. The summed E-state index contributed by atoms with van der Waals surface area (Å²) >= 11 is 0. The Hall–Kier alpha value is -3.48. The van der Waals surface area contributed by atoms with Gasteiger partial charge in [-0.3, -0.25) is 9.78 Å². The molecule has 4 rings (SSSR count). The van der Waals surface area contributed by atoms with Crippen LogP contribution in [0.25, 0.3) is 11.3 Å². The zero-order valence-corrected chi connectivity index (χ0v) is 16.3. The third-order valence-electron chi connectivity index (χ3n) is 5.09. The van der Waals surface area contributed by atoms with Gasteiger partial charge in [0.05, 0.1) is 24.4 Å². The van der Waals surface area contributed by atoms with Crippen LogP contribution in [-0.4, -0.2) is 41.3 Å². The van der Waals surface area contributed by atoms with Crippen molar-refractivity contribution in [3.8, 4) is 17.0 Å². The van der Waals surface area contributed by atoms with Crippen LogP contribution in [0.2, 0.25) is 0 Å². The lowest BCUT2D eigenvalue weighted by molar-refractivity contribution is -0.120. The Morgan fingerprint density at radius 1 is 1.14 bits per heavy atom. The first-order valence-corrected chi connectivity index (χ1v) is 9.67. The molecule has 1 aliphatic rings. The molecular weight excluding hydrogens is 366 g/mol. The minimum absolute atomic E-state index is 0.000797. The van der Waals surface area contributed by atoms with Gasteiger partial charge < -0.3 is 15.0 Å². The van der Waals surface area contributed by atoms with E-state index in [1.54, 1.807) is 19.5 Å². The summed E-state index contributed by atoms with van der Waals surface area (Å²) in [6, 6.07) is 15.2. The maximum atomic E-state index is 12.8. The summed E-state index contributed by atoms with van der Waals surface area (Å²) in [5.41, 5.74) is 2.40. The average Bonchev–Trinajstić information content (AvgIpc) is 2.80. The zero-order valence-electron chi connectivity index (χ0n) is 16.3. The minimum Gasteiger partial charge on any atom is -0.495 e. The largest absolute Gasteiger partial charge is 0.495 e. The highest BCUT2D eigenvalue weighted by Crippen LogP contribution is 2.27. The number of hydrogen-bond acceptors (Lipinski definition) is 6. The van der Waals surface area contributed by atoms with E-state index in [-0.39, 0.29) is 11.8 Å². The molecule has 7 nitrogen and oxygen atoms in total. The Kier molecular flexibility index (Phi) is 5.65. The fraction of sp³-hybridized carbons (Fsp3) is 0.273. The fourth-order valence-electron chi connectivity index (χ4n) is 3.54. The van der Waals surface area contributed by atoms with Gasteiger partial charge in [0.2, 0.25) is 5.91 Å². The standard InChI is InChI=1S/C22H23N5O2/c1-29-20-9-3-2-8-19(20)24-22(28)17-7-5-13-27(15-17)21-11-10-18(25-26-21)16-6-4-12-23-14-16/h2-4,6,8-12,14,17H,5,7,13,15H2,1H3,(H,24,28). The quantitative estimate of drug-likeness (QED) is 0.720. The zero-order chi connectivity index (χ0) is 20.1. The molecule has 1 atom stereocenters. The maximum Gasteiger partial charge on any atom is 0.229 e. The normalized spacial score (nSPS) is 16.3. The number of hydrogen-bond donors (Lipinski definition) is 1. The number of benzene rings is 1. The summed E-state index contributed by atoms with van der Waals surface area (Å²) in [6.07, 6.45) is 5.27. The van der Waals surface area contributed by atoms with Crippen molar-refractivity contribution in [2.45, 2.75) is 12.8 Å². The molecular formula is C22H23N5O2. The van der Waals surface area contributed by atoms with Gasteiger partial charge in [0.25, 0.3) is 0 Å². The summed E-state index contributed by atoms with van der Waals surface area (Å²) < 4.78 is 5.32. The third-order valence-corrected chi connectivity index (χ3v) is 5.09. The lowest BCUT2D eigenvalue weighted by Crippen LogP contribution is -2.41. The highest BCUT2D eigenvalue weighted by atomic mass is 16.5. The first-order valence-electron chi connectivity index (χ1n) is 9.67. The Morgan fingerprint density at radius 2 is 2.03 bits per heavy atom. The van der Waals surface area contributed by atoms with Crippen molar-refractivity contribution in [3.63, 3.8) is 0 Å². The van der Waals surface area contributed by atoms with E-state index in [0.717, 1.165) is 36.5 Å². The molecule has 0 saturated carbocycles. The third kappa shape index (κ3) is 4.34. The van der Waals surface area contributed by atoms with Gasteiger partial charge >= 0.3 is 0 Å². The highest BCUT2D eigenvalue weighted by molar-refractivity contribution is 5.94. The molecule has 1 unspecified atom stereocenters. The fourth-order valence-corrected chi connectivity index (χ4v) is 3.54. The molecule has 0 bridgehead atoms. The molecule has 2 aromatic heterocycles. The Morgan fingerprint density at radius 3 is 2.79 bits per heavy atom. The monoisotopic (exact) mass is 389 g/mol. The summed E-state index contributed by atoms with van der Waals surface area (Å²) in [4.78, 5) is 19.1. The SMILES string of the molecule is COc1ccccc1NC(=O)C1CCCN(c2ccc(-c3cccnc3)nn2)C1. The number of nitrogens with one attached hydrogen (secondary N) is 1. The number of carbonyl (C=O) groups excluding carboxylic acids is 1. The molecule has 1 saturated heterocycles. The number of para-hydroxylation sites is 2. The van der Waals surface area contributed by atoms with Crippen LogP contribution in [-0.2, 0) is 4.79 Å². The van der Waals surface area contributed by atoms with E-state index in [2.05, 4.69) is 25.4 Å². The van der Waals surface area contributed by atoms with Crippen molar-refractivity contribution in [1.82, 2.24) is 15.2 Å². The van der Waals surface area contributed by atoms with Gasteiger partial charge in [-0.25, -0.2) is 0 Å². The van der Waals surface area contributed by atoms with Crippen molar-refractivity contribution in [2.75, 3.05) is 30.4 Å². The number of carbonyl (C=O) groups is 1. The number of aromatic nitrogens is 3. The number of nitrogens with zero attached hydrogens (tertiary/aromatic N) is 4. The molecule has 0 radical (unpaired) electrons. The van der Waals surface area contributed by atoms with Gasteiger partial charge in [0, 0.05) is 31.0 Å². The summed E-state index contributed by atoms with van der Waals surface area (Å²) in [7, 11) is 1.60. The van der Waals surface area contributed by atoms with Gasteiger partial charge in [-0.1, -0.05) is 12.1 Å². The summed E-state index contributed by atoms with van der Waals surface area (Å²) in [6.45, 7) is 1.47. The number of methoxy groups -OCH3 is 1. The molecule has 1 amide bonds. The van der Waals surface area contributed by atoms with Crippen LogP contribution < -0.4 is 15.0 Å². The molecule has 3 heterocycles. The number of rotatable bonds is 5. The van der Waals surface area contributed by atoms with E-state index in [4.69, 9.17) is 4.74 Å². The molecule has 1 fully saturated rings. The van der Waals surface area contributed by atoms with E-state index >= 15 is 0 Å². The van der Waals surface area contributed by atoms with Crippen molar-refractivity contribution in [1.29, 1.82) is 0 Å².